The highest BCUT2D eigenvalue weighted by atomic mass is 32.2. The predicted octanol–water partition coefficient (Wildman–Crippen LogP) is 2.01. The Bertz CT molecular complexity index is 867. The zero-order valence-electron chi connectivity index (χ0n) is 14.1. The van der Waals surface area contributed by atoms with E-state index in [-0.39, 0.29) is 28.6 Å². The standard InChI is InChI=1S/C17H19FN2O4S/c1-19-17(21)15-10-14(8-9-16(15)24-3)25(22,23)20(2)11-12-4-6-13(18)7-5-12/h4-10H,11H2,1-3H3,(H,19,21). The average molecular weight is 366 g/mol. The lowest BCUT2D eigenvalue weighted by Gasteiger charge is -2.18. The summed E-state index contributed by atoms with van der Waals surface area (Å²) < 4.78 is 44.7. The van der Waals surface area contributed by atoms with Gasteiger partial charge in [-0.15, -0.1) is 0 Å². The van der Waals surface area contributed by atoms with Crippen molar-refractivity contribution in [3.63, 3.8) is 0 Å². The highest BCUT2D eigenvalue weighted by Crippen LogP contribution is 2.25. The fourth-order valence-electron chi connectivity index (χ4n) is 2.27. The monoisotopic (exact) mass is 366 g/mol. The van der Waals surface area contributed by atoms with Crippen LogP contribution in [0.5, 0.6) is 5.75 Å². The molecule has 0 aliphatic carbocycles. The SMILES string of the molecule is CNC(=O)c1cc(S(=O)(=O)N(C)Cc2ccc(F)cc2)ccc1OC. The predicted molar refractivity (Wildman–Crippen MR) is 91.4 cm³/mol. The molecule has 0 heterocycles. The fourth-order valence-corrected chi connectivity index (χ4v) is 3.46. The van der Waals surface area contributed by atoms with Gasteiger partial charge in [-0.1, -0.05) is 12.1 Å². The largest absolute Gasteiger partial charge is 0.496 e. The number of ether oxygens (including phenoxy) is 1. The quantitative estimate of drug-likeness (QED) is 0.849. The van der Waals surface area contributed by atoms with E-state index in [2.05, 4.69) is 5.32 Å². The molecule has 2 rings (SSSR count). The van der Waals surface area contributed by atoms with Gasteiger partial charge in [0, 0.05) is 20.6 Å². The number of nitrogens with zero attached hydrogens (tertiary/aromatic N) is 1. The van der Waals surface area contributed by atoms with Crippen LogP contribution in [0.1, 0.15) is 15.9 Å². The number of nitrogens with one attached hydrogen (secondary N) is 1. The van der Waals surface area contributed by atoms with Crippen LogP contribution in [0.25, 0.3) is 0 Å². The lowest BCUT2D eigenvalue weighted by Crippen LogP contribution is -2.27. The number of hydrogen-bond donors (Lipinski definition) is 1. The van der Waals surface area contributed by atoms with Crippen LogP contribution in [0.4, 0.5) is 4.39 Å². The third-order valence-corrected chi connectivity index (χ3v) is 5.47. The van der Waals surface area contributed by atoms with Gasteiger partial charge in [-0.05, 0) is 35.9 Å². The molecule has 0 spiro atoms. The van der Waals surface area contributed by atoms with Gasteiger partial charge in [0.05, 0.1) is 17.6 Å². The van der Waals surface area contributed by atoms with E-state index in [0.29, 0.717) is 5.56 Å². The Morgan fingerprint density at radius 1 is 1.20 bits per heavy atom. The van der Waals surface area contributed by atoms with Gasteiger partial charge < -0.3 is 10.1 Å². The van der Waals surface area contributed by atoms with Crippen LogP contribution < -0.4 is 10.1 Å². The highest BCUT2D eigenvalue weighted by Gasteiger charge is 2.23. The summed E-state index contributed by atoms with van der Waals surface area (Å²) in [7, 11) is 0.434. The molecule has 2 aromatic carbocycles. The lowest BCUT2D eigenvalue weighted by molar-refractivity contribution is 0.0960. The highest BCUT2D eigenvalue weighted by molar-refractivity contribution is 7.89. The second-order valence-corrected chi connectivity index (χ2v) is 7.37. The molecule has 0 saturated carbocycles. The van der Waals surface area contributed by atoms with Crippen molar-refractivity contribution in [2.45, 2.75) is 11.4 Å². The van der Waals surface area contributed by atoms with E-state index in [1.165, 1.54) is 63.7 Å². The first-order valence-electron chi connectivity index (χ1n) is 7.40. The van der Waals surface area contributed by atoms with Crippen LogP contribution in [0, 0.1) is 5.82 Å². The number of amides is 1. The summed E-state index contributed by atoms with van der Waals surface area (Å²) in [5.41, 5.74) is 0.772. The molecule has 0 atom stereocenters. The van der Waals surface area contributed by atoms with Crippen molar-refractivity contribution in [2.75, 3.05) is 21.2 Å². The smallest absolute Gasteiger partial charge is 0.254 e. The van der Waals surface area contributed by atoms with Crippen LogP contribution in [0.3, 0.4) is 0 Å². The van der Waals surface area contributed by atoms with Gasteiger partial charge in [0.1, 0.15) is 11.6 Å². The molecule has 1 N–H and O–H groups in total. The maximum absolute atomic E-state index is 13.0. The molecule has 0 saturated heterocycles. The van der Waals surface area contributed by atoms with Crippen LogP contribution in [0.2, 0.25) is 0 Å². The Hall–Kier alpha value is -2.45. The van der Waals surface area contributed by atoms with Crippen molar-refractivity contribution in [2.24, 2.45) is 0 Å². The van der Waals surface area contributed by atoms with Gasteiger partial charge in [-0.2, -0.15) is 4.31 Å². The number of benzene rings is 2. The van der Waals surface area contributed by atoms with Crippen molar-refractivity contribution in [3.8, 4) is 5.75 Å². The van der Waals surface area contributed by atoms with Crippen molar-refractivity contribution in [1.82, 2.24) is 9.62 Å². The molecule has 0 aromatic heterocycles. The average Bonchev–Trinajstić information content (AvgIpc) is 2.62. The third-order valence-electron chi connectivity index (χ3n) is 3.67. The van der Waals surface area contributed by atoms with Crippen molar-refractivity contribution < 1.29 is 22.3 Å². The molecule has 0 aliphatic rings. The molecule has 134 valence electrons. The zero-order valence-corrected chi connectivity index (χ0v) is 14.9. The Kier molecular flexibility index (Phi) is 5.76. The molecule has 0 unspecified atom stereocenters. The molecule has 1 amide bonds. The summed E-state index contributed by atoms with van der Waals surface area (Å²) in [5, 5.41) is 2.45. The minimum atomic E-state index is -3.83. The number of carbonyl (C=O) groups is 1. The van der Waals surface area contributed by atoms with Gasteiger partial charge in [-0.25, -0.2) is 12.8 Å². The molecule has 0 radical (unpaired) electrons. The second-order valence-electron chi connectivity index (χ2n) is 5.33. The van der Waals surface area contributed by atoms with E-state index in [4.69, 9.17) is 4.74 Å². The first-order valence-corrected chi connectivity index (χ1v) is 8.84. The van der Waals surface area contributed by atoms with Crippen LogP contribution in [-0.2, 0) is 16.6 Å². The molecule has 6 nitrogen and oxygen atoms in total. The summed E-state index contributed by atoms with van der Waals surface area (Å²) in [6, 6.07) is 9.66. The first kappa shape index (κ1) is 18.9. The third kappa shape index (κ3) is 4.15. The van der Waals surface area contributed by atoms with Crippen molar-refractivity contribution >= 4 is 15.9 Å². The van der Waals surface area contributed by atoms with E-state index in [9.17, 15) is 17.6 Å². The Morgan fingerprint density at radius 3 is 2.40 bits per heavy atom. The topological polar surface area (TPSA) is 75.7 Å². The molecule has 0 aliphatic heterocycles. The number of rotatable bonds is 6. The summed E-state index contributed by atoms with van der Waals surface area (Å²) in [5.74, 6) is -0.561. The minimum absolute atomic E-state index is 0.0310. The van der Waals surface area contributed by atoms with Crippen LogP contribution in [0.15, 0.2) is 47.4 Å². The fraction of sp³-hybridized carbons (Fsp3) is 0.235. The number of methoxy groups -OCH3 is 1. The number of halogens is 1. The van der Waals surface area contributed by atoms with Crippen LogP contribution >= 0.6 is 0 Å². The number of carbonyl (C=O) groups excluding carboxylic acids is 1. The van der Waals surface area contributed by atoms with Gasteiger partial charge in [0.2, 0.25) is 10.0 Å². The van der Waals surface area contributed by atoms with Crippen molar-refractivity contribution in [1.29, 1.82) is 0 Å². The second kappa shape index (κ2) is 7.62. The zero-order chi connectivity index (χ0) is 18.6. The Balaban J connectivity index is 2.34. The van der Waals surface area contributed by atoms with E-state index in [0.717, 1.165) is 4.31 Å². The lowest BCUT2D eigenvalue weighted by atomic mass is 10.2. The van der Waals surface area contributed by atoms with Gasteiger partial charge in [0.25, 0.3) is 5.91 Å². The first-order chi connectivity index (χ1) is 11.8. The molecular formula is C17H19FN2O4S. The van der Waals surface area contributed by atoms with E-state index in [1.807, 2.05) is 0 Å². The summed E-state index contributed by atoms with van der Waals surface area (Å²) in [4.78, 5) is 11.9. The molecule has 0 bridgehead atoms. The van der Waals surface area contributed by atoms with Crippen LogP contribution in [-0.4, -0.2) is 39.8 Å². The van der Waals surface area contributed by atoms with E-state index in [1.54, 1.807) is 0 Å². The van der Waals surface area contributed by atoms with E-state index < -0.39 is 15.9 Å². The van der Waals surface area contributed by atoms with Crippen molar-refractivity contribution in [3.05, 3.63) is 59.4 Å². The number of sulfonamides is 1. The van der Waals surface area contributed by atoms with Gasteiger partial charge in [-0.3, -0.25) is 4.79 Å². The summed E-state index contributed by atoms with van der Waals surface area (Å²) in [6.45, 7) is 0.0734. The van der Waals surface area contributed by atoms with Gasteiger partial charge in [0.15, 0.2) is 0 Å². The molecule has 0 fully saturated rings. The summed E-state index contributed by atoms with van der Waals surface area (Å²) in [6.07, 6.45) is 0. The maximum Gasteiger partial charge on any atom is 0.254 e. The molecular weight excluding hydrogens is 347 g/mol. The number of hydrogen-bond acceptors (Lipinski definition) is 4. The maximum atomic E-state index is 13.0. The molecule has 2 aromatic rings. The summed E-state index contributed by atoms with van der Waals surface area (Å²) >= 11 is 0. The molecule has 8 heteroatoms. The Labute approximate surface area is 146 Å². The van der Waals surface area contributed by atoms with Gasteiger partial charge >= 0.3 is 0 Å². The minimum Gasteiger partial charge on any atom is -0.496 e. The molecule has 25 heavy (non-hydrogen) atoms. The van der Waals surface area contributed by atoms with E-state index >= 15 is 0 Å². The normalized spacial score (nSPS) is 11.4. The Morgan fingerprint density at radius 2 is 1.84 bits per heavy atom.